The average Bonchev–Trinajstić information content (AvgIpc) is 3.39. The smallest absolute Gasteiger partial charge is 0.337 e. The second kappa shape index (κ2) is 8.52. The topological polar surface area (TPSA) is 64.3 Å². The number of thiophene rings is 1. The molecular formula is C24H26ClN3O3S. The lowest BCUT2D eigenvalue weighted by molar-refractivity contribution is -0.133. The van der Waals surface area contributed by atoms with Crippen molar-refractivity contribution in [2.45, 2.75) is 64.0 Å². The van der Waals surface area contributed by atoms with Gasteiger partial charge in [-0.05, 0) is 61.9 Å². The minimum absolute atomic E-state index is 0.0599. The molecule has 2 heterocycles. The van der Waals surface area contributed by atoms with E-state index in [-0.39, 0.29) is 24.1 Å². The van der Waals surface area contributed by atoms with Gasteiger partial charge >= 0.3 is 5.69 Å². The summed E-state index contributed by atoms with van der Waals surface area (Å²) in [6, 6.07) is 6.89. The predicted octanol–water partition coefficient (Wildman–Crippen LogP) is 4.15. The first-order chi connectivity index (χ1) is 15.5. The second-order valence-corrected chi connectivity index (χ2v) is 10.3. The molecule has 0 radical (unpaired) electrons. The van der Waals surface area contributed by atoms with E-state index in [9.17, 15) is 14.4 Å². The highest BCUT2D eigenvalue weighted by Gasteiger charge is 2.28. The number of likely N-dealkylation sites (N-methyl/N-ethyl adjacent to an activating group) is 1. The molecule has 168 valence electrons. The maximum absolute atomic E-state index is 13.6. The zero-order valence-corrected chi connectivity index (χ0v) is 19.7. The van der Waals surface area contributed by atoms with Crippen LogP contribution in [0.2, 0.25) is 5.02 Å². The van der Waals surface area contributed by atoms with Gasteiger partial charge in [0.2, 0.25) is 5.91 Å². The Hall–Kier alpha value is -2.38. The monoisotopic (exact) mass is 471 g/mol. The van der Waals surface area contributed by atoms with E-state index in [2.05, 4.69) is 0 Å². The number of amides is 1. The van der Waals surface area contributed by atoms with Gasteiger partial charge in [-0.2, -0.15) is 0 Å². The highest BCUT2D eigenvalue weighted by Crippen LogP contribution is 2.35. The number of halogens is 1. The van der Waals surface area contributed by atoms with Crippen LogP contribution < -0.4 is 11.2 Å². The predicted molar refractivity (Wildman–Crippen MR) is 128 cm³/mol. The van der Waals surface area contributed by atoms with Crippen LogP contribution in [0.15, 0.2) is 33.9 Å². The summed E-state index contributed by atoms with van der Waals surface area (Å²) >= 11 is 7.52. The van der Waals surface area contributed by atoms with E-state index >= 15 is 0 Å². The zero-order valence-electron chi connectivity index (χ0n) is 18.1. The van der Waals surface area contributed by atoms with E-state index < -0.39 is 5.69 Å². The van der Waals surface area contributed by atoms with Gasteiger partial charge in [-0.1, -0.05) is 30.9 Å². The molecule has 2 aliphatic carbocycles. The number of benzene rings is 1. The molecule has 0 aliphatic heterocycles. The Morgan fingerprint density at radius 2 is 1.81 bits per heavy atom. The number of carbonyl (C=O) groups excluding carboxylic acids is 1. The standard InChI is InChI=1S/C24H26ClN3O3S/c1-26(16-6-3-2-4-7-16)20(29)14-27-23-21(18-8-5-9-19(18)32-23)22(30)28(24(27)31)17-12-10-15(25)11-13-17/h10-13,16H,2-9,14H2,1H3. The Labute approximate surface area is 195 Å². The lowest BCUT2D eigenvalue weighted by atomic mass is 9.94. The molecule has 1 saturated carbocycles. The van der Waals surface area contributed by atoms with E-state index in [0.717, 1.165) is 55.4 Å². The average molecular weight is 472 g/mol. The van der Waals surface area contributed by atoms with Gasteiger partial charge in [0.05, 0.1) is 11.1 Å². The number of aryl methyl sites for hydroxylation is 2. The molecule has 0 spiro atoms. The first-order valence-corrected chi connectivity index (χ1v) is 12.5. The number of fused-ring (bicyclic) bond motifs is 3. The largest absolute Gasteiger partial charge is 0.341 e. The van der Waals surface area contributed by atoms with Crippen LogP contribution in [0.3, 0.4) is 0 Å². The zero-order chi connectivity index (χ0) is 22.4. The summed E-state index contributed by atoms with van der Waals surface area (Å²) in [5.41, 5.74) is 0.719. The molecule has 2 aromatic heterocycles. The van der Waals surface area contributed by atoms with Crippen LogP contribution in [0.25, 0.3) is 15.9 Å². The van der Waals surface area contributed by atoms with Gasteiger partial charge in [0.25, 0.3) is 5.56 Å². The van der Waals surface area contributed by atoms with Gasteiger partial charge in [0.1, 0.15) is 11.4 Å². The quantitative estimate of drug-likeness (QED) is 0.574. The third kappa shape index (κ3) is 3.61. The molecule has 5 rings (SSSR count). The molecule has 1 fully saturated rings. The van der Waals surface area contributed by atoms with Crippen LogP contribution in [0.4, 0.5) is 0 Å². The number of hydrogen-bond acceptors (Lipinski definition) is 4. The van der Waals surface area contributed by atoms with Gasteiger partial charge in [-0.3, -0.25) is 14.2 Å². The highest BCUT2D eigenvalue weighted by molar-refractivity contribution is 7.19. The minimum atomic E-state index is -0.477. The number of hydrogen-bond donors (Lipinski definition) is 0. The summed E-state index contributed by atoms with van der Waals surface area (Å²) in [5, 5.41) is 1.12. The van der Waals surface area contributed by atoms with Gasteiger partial charge in [0.15, 0.2) is 0 Å². The minimum Gasteiger partial charge on any atom is -0.341 e. The maximum Gasteiger partial charge on any atom is 0.337 e. The second-order valence-electron chi connectivity index (χ2n) is 8.82. The summed E-state index contributed by atoms with van der Waals surface area (Å²) in [6.45, 7) is -0.0599. The van der Waals surface area contributed by atoms with Crippen LogP contribution in [-0.2, 0) is 24.2 Å². The molecule has 0 bridgehead atoms. The molecule has 0 saturated heterocycles. The number of aromatic nitrogens is 2. The third-order valence-electron chi connectivity index (χ3n) is 6.88. The van der Waals surface area contributed by atoms with Gasteiger partial charge < -0.3 is 4.90 Å². The maximum atomic E-state index is 13.6. The molecule has 6 nitrogen and oxygen atoms in total. The molecule has 8 heteroatoms. The molecule has 0 atom stereocenters. The van der Waals surface area contributed by atoms with Gasteiger partial charge in [-0.15, -0.1) is 11.3 Å². The lowest BCUT2D eigenvalue weighted by Gasteiger charge is -2.31. The Bertz CT molecular complexity index is 1300. The summed E-state index contributed by atoms with van der Waals surface area (Å²) in [7, 11) is 1.84. The van der Waals surface area contributed by atoms with Crippen molar-refractivity contribution in [2.24, 2.45) is 0 Å². The molecule has 32 heavy (non-hydrogen) atoms. The molecule has 1 aromatic carbocycles. The van der Waals surface area contributed by atoms with Crippen molar-refractivity contribution < 1.29 is 4.79 Å². The molecule has 0 N–H and O–H groups in total. The van der Waals surface area contributed by atoms with Crippen molar-refractivity contribution in [3.63, 3.8) is 0 Å². The third-order valence-corrected chi connectivity index (χ3v) is 8.45. The summed E-state index contributed by atoms with van der Waals surface area (Å²) in [6.07, 6.45) is 8.25. The van der Waals surface area contributed by atoms with E-state index in [1.807, 2.05) is 7.05 Å². The Morgan fingerprint density at radius 1 is 1.09 bits per heavy atom. The summed E-state index contributed by atoms with van der Waals surface area (Å²) < 4.78 is 2.70. The molecule has 3 aromatic rings. The van der Waals surface area contributed by atoms with E-state index in [4.69, 9.17) is 11.6 Å². The van der Waals surface area contributed by atoms with Crippen LogP contribution in [0.5, 0.6) is 0 Å². The van der Waals surface area contributed by atoms with E-state index in [1.54, 1.807) is 29.2 Å². The molecule has 0 unspecified atom stereocenters. The number of nitrogens with zero attached hydrogens (tertiary/aromatic N) is 3. The van der Waals surface area contributed by atoms with Crippen molar-refractivity contribution in [1.29, 1.82) is 0 Å². The molecular weight excluding hydrogens is 446 g/mol. The van der Waals surface area contributed by atoms with Crippen molar-refractivity contribution in [1.82, 2.24) is 14.0 Å². The first kappa shape index (κ1) is 21.5. The van der Waals surface area contributed by atoms with E-state index in [0.29, 0.717) is 20.9 Å². The summed E-state index contributed by atoms with van der Waals surface area (Å²) in [5.74, 6) is -0.0878. The number of rotatable bonds is 4. The Balaban J connectivity index is 1.64. The normalized spacial score (nSPS) is 16.4. The van der Waals surface area contributed by atoms with Crippen molar-refractivity contribution in [3.05, 3.63) is 60.6 Å². The lowest BCUT2D eigenvalue weighted by Crippen LogP contribution is -2.44. The SMILES string of the molecule is CN(C(=O)Cn1c(=O)n(-c2ccc(Cl)cc2)c(=O)c2c3c(sc21)CCC3)C1CCCCC1. The summed E-state index contributed by atoms with van der Waals surface area (Å²) in [4.78, 5) is 43.9. The fraction of sp³-hybridized carbons (Fsp3) is 0.458. The fourth-order valence-corrected chi connectivity index (χ4v) is 6.58. The molecule has 2 aliphatic rings. The Morgan fingerprint density at radius 3 is 2.53 bits per heavy atom. The number of carbonyl (C=O) groups is 1. The van der Waals surface area contributed by atoms with Crippen molar-refractivity contribution >= 4 is 39.1 Å². The van der Waals surface area contributed by atoms with Crippen molar-refractivity contribution in [3.8, 4) is 5.69 Å². The first-order valence-electron chi connectivity index (χ1n) is 11.3. The highest BCUT2D eigenvalue weighted by atomic mass is 35.5. The molecule has 1 amide bonds. The fourth-order valence-electron chi connectivity index (χ4n) is 5.08. The van der Waals surface area contributed by atoms with Crippen LogP contribution in [0.1, 0.15) is 49.0 Å². The Kier molecular flexibility index (Phi) is 5.72. The van der Waals surface area contributed by atoms with Gasteiger partial charge in [-0.25, -0.2) is 9.36 Å². The van der Waals surface area contributed by atoms with Crippen LogP contribution in [-0.4, -0.2) is 33.0 Å². The van der Waals surface area contributed by atoms with Crippen LogP contribution in [0, 0.1) is 0 Å². The van der Waals surface area contributed by atoms with Gasteiger partial charge in [0, 0.05) is 23.0 Å². The van der Waals surface area contributed by atoms with Crippen LogP contribution >= 0.6 is 22.9 Å². The van der Waals surface area contributed by atoms with Crippen molar-refractivity contribution in [2.75, 3.05) is 7.05 Å². The van der Waals surface area contributed by atoms with E-state index in [1.165, 1.54) is 26.9 Å².